The highest BCUT2D eigenvalue weighted by molar-refractivity contribution is 6.07. The van der Waals surface area contributed by atoms with Crippen molar-refractivity contribution < 1.29 is 23.9 Å². The number of imide groups is 1. The first kappa shape index (κ1) is 18.8. The Bertz CT molecular complexity index is 804. The Morgan fingerprint density at radius 2 is 1.70 bits per heavy atom. The van der Waals surface area contributed by atoms with Gasteiger partial charge in [0.25, 0.3) is 5.91 Å². The van der Waals surface area contributed by atoms with Crippen molar-refractivity contribution in [1.29, 1.82) is 0 Å². The predicted molar refractivity (Wildman–Crippen MR) is 97.6 cm³/mol. The Morgan fingerprint density at radius 3 is 2.30 bits per heavy atom. The Balaban J connectivity index is 1.49. The molecule has 1 fully saturated rings. The molecule has 1 aliphatic carbocycles. The minimum absolute atomic E-state index is 0.342. The molecule has 2 aliphatic rings. The van der Waals surface area contributed by atoms with Crippen LogP contribution in [-0.2, 0) is 23.9 Å². The number of rotatable bonds is 5. The summed E-state index contributed by atoms with van der Waals surface area (Å²) in [5.74, 6) is -2.72. The number of esters is 1. The summed E-state index contributed by atoms with van der Waals surface area (Å²) in [6.07, 6.45) is 4.79. The molecule has 7 heteroatoms. The number of fused-ring (bicyclic) bond motifs is 1. The quantitative estimate of drug-likeness (QED) is 0.484. The molecule has 1 aromatic carbocycles. The van der Waals surface area contributed by atoms with Gasteiger partial charge in [-0.05, 0) is 49.9 Å². The first-order valence-corrected chi connectivity index (χ1v) is 8.89. The number of nitrogens with zero attached hydrogens (tertiary/aromatic N) is 1. The molecule has 1 aromatic rings. The zero-order valence-electron chi connectivity index (χ0n) is 15.4. The van der Waals surface area contributed by atoms with E-state index < -0.39 is 25.0 Å². The first-order chi connectivity index (χ1) is 12.9. The molecule has 0 radical (unpaired) electrons. The average Bonchev–Trinajstić information content (AvgIpc) is 2.88. The molecular formula is C20H22N2O5. The van der Waals surface area contributed by atoms with Crippen LogP contribution >= 0.6 is 0 Å². The molecule has 1 heterocycles. The molecular weight excluding hydrogens is 348 g/mol. The molecule has 1 aliphatic heterocycles. The number of ether oxygens (including phenoxy) is 1. The van der Waals surface area contributed by atoms with Crippen LogP contribution in [0.4, 0.5) is 5.69 Å². The summed E-state index contributed by atoms with van der Waals surface area (Å²) < 4.78 is 4.93. The van der Waals surface area contributed by atoms with Crippen molar-refractivity contribution in [1.82, 2.24) is 4.90 Å². The van der Waals surface area contributed by atoms with Gasteiger partial charge >= 0.3 is 5.97 Å². The lowest BCUT2D eigenvalue weighted by Crippen LogP contribution is -2.37. The van der Waals surface area contributed by atoms with Crippen LogP contribution in [0.2, 0.25) is 0 Å². The maximum absolute atomic E-state index is 12.3. The van der Waals surface area contributed by atoms with Crippen molar-refractivity contribution in [3.63, 3.8) is 0 Å². The van der Waals surface area contributed by atoms with Crippen LogP contribution in [0.15, 0.2) is 30.4 Å². The summed E-state index contributed by atoms with van der Waals surface area (Å²) in [5, 5.41) is 2.65. The fraction of sp³-hybridized carbons (Fsp3) is 0.400. The Morgan fingerprint density at radius 1 is 1.07 bits per heavy atom. The van der Waals surface area contributed by atoms with E-state index in [1.54, 1.807) is 6.07 Å². The van der Waals surface area contributed by atoms with Gasteiger partial charge in [-0.15, -0.1) is 0 Å². The maximum Gasteiger partial charge on any atom is 0.326 e. The normalized spacial score (nSPS) is 21.2. The fourth-order valence-corrected chi connectivity index (χ4v) is 3.36. The highest BCUT2D eigenvalue weighted by atomic mass is 16.5. The van der Waals surface area contributed by atoms with Crippen LogP contribution < -0.4 is 5.32 Å². The second-order valence-electron chi connectivity index (χ2n) is 6.93. The van der Waals surface area contributed by atoms with E-state index in [0.29, 0.717) is 18.5 Å². The van der Waals surface area contributed by atoms with Crippen molar-refractivity contribution in [2.24, 2.45) is 11.8 Å². The second-order valence-corrected chi connectivity index (χ2v) is 6.93. The third kappa shape index (κ3) is 4.07. The lowest BCUT2D eigenvalue weighted by Gasteiger charge is -2.14. The number of nitrogens with one attached hydrogen (secondary N) is 1. The minimum Gasteiger partial charge on any atom is -0.454 e. The summed E-state index contributed by atoms with van der Waals surface area (Å²) in [7, 11) is 0. The number of hydrogen-bond donors (Lipinski definition) is 1. The smallest absolute Gasteiger partial charge is 0.326 e. The van der Waals surface area contributed by atoms with Crippen molar-refractivity contribution >= 4 is 29.4 Å². The number of carbonyl (C=O) groups excluding carboxylic acids is 4. The van der Waals surface area contributed by atoms with Gasteiger partial charge in [0.2, 0.25) is 11.8 Å². The summed E-state index contributed by atoms with van der Waals surface area (Å²) in [6.45, 7) is 2.97. The van der Waals surface area contributed by atoms with Gasteiger partial charge in [0, 0.05) is 5.69 Å². The minimum atomic E-state index is -0.779. The van der Waals surface area contributed by atoms with Crippen LogP contribution in [-0.4, -0.2) is 41.7 Å². The zero-order valence-corrected chi connectivity index (χ0v) is 15.4. The van der Waals surface area contributed by atoms with Crippen molar-refractivity contribution in [2.45, 2.75) is 26.7 Å². The molecule has 1 saturated heterocycles. The van der Waals surface area contributed by atoms with Crippen molar-refractivity contribution in [3.05, 3.63) is 41.5 Å². The number of carbonyl (C=O) groups is 4. The number of benzene rings is 1. The largest absolute Gasteiger partial charge is 0.454 e. The summed E-state index contributed by atoms with van der Waals surface area (Å²) in [5.41, 5.74) is 2.75. The van der Waals surface area contributed by atoms with Crippen LogP contribution in [0, 0.1) is 25.7 Å². The van der Waals surface area contributed by atoms with Crippen LogP contribution in [0.1, 0.15) is 24.0 Å². The van der Waals surface area contributed by atoms with Gasteiger partial charge < -0.3 is 10.1 Å². The molecule has 0 saturated carbocycles. The maximum atomic E-state index is 12.3. The molecule has 0 spiro atoms. The predicted octanol–water partition coefficient (Wildman–Crippen LogP) is 1.74. The van der Waals surface area contributed by atoms with Gasteiger partial charge in [0.15, 0.2) is 6.61 Å². The third-order valence-corrected chi connectivity index (χ3v) is 5.04. The van der Waals surface area contributed by atoms with Gasteiger partial charge in [0.1, 0.15) is 6.54 Å². The molecule has 3 rings (SSSR count). The SMILES string of the molecule is Cc1ccc(NC(=O)COC(=O)CN2C(=O)[C@@H]3CC=CC[C@H]3C2=O)cc1C. The first-order valence-electron chi connectivity index (χ1n) is 8.89. The number of anilines is 1. The Hall–Kier alpha value is -2.96. The molecule has 0 unspecified atom stereocenters. The van der Waals surface area contributed by atoms with Crippen LogP contribution in [0.5, 0.6) is 0 Å². The van der Waals surface area contributed by atoms with Crippen LogP contribution in [0.25, 0.3) is 0 Å². The Kier molecular flexibility index (Phi) is 5.39. The number of amides is 3. The standard InChI is InChI=1S/C20H22N2O5/c1-12-7-8-14(9-13(12)2)21-17(23)11-27-18(24)10-22-19(25)15-5-3-4-6-16(15)20(22)26/h3-4,7-9,15-16H,5-6,10-11H2,1-2H3,(H,21,23)/t15-,16-/m1/s1. The molecule has 1 N–H and O–H groups in total. The number of likely N-dealkylation sites (tertiary alicyclic amines) is 1. The Labute approximate surface area is 157 Å². The third-order valence-electron chi connectivity index (χ3n) is 5.04. The van der Waals surface area contributed by atoms with Gasteiger partial charge in [-0.3, -0.25) is 24.1 Å². The highest BCUT2D eigenvalue weighted by Gasteiger charge is 2.47. The molecule has 142 valence electrons. The van der Waals surface area contributed by atoms with Gasteiger partial charge in [-0.2, -0.15) is 0 Å². The fourth-order valence-electron chi connectivity index (χ4n) is 3.36. The molecule has 2 atom stereocenters. The van der Waals surface area contributed by atoms with E-state index in [-0.39, 0.29) is 23.7 Å². The average molecular weight is 370 g/mol. The van der Waals surface area contributed by atoms with E-state index in [4.69, 9.17) is 4.74 Å². The van der Waals surface area contributed by atoms with Crippen molar-refractivity contribution in [3.8, 4) is 0 Å². The van der Waals surface area contributed by atoms with E-state index in [0.717, 1.165) is 16.0 Å². The van der Waals surface area contributed by atoms with Crippen molar-refractivity contribution in [2.75, 3.05) is 18.5 Å². The van der Waals surface area contributed by atoms with Gasteiger partial charge in [0.05, 0.1) is 11.8 Å². The lowest BCUT2D eigenvalue weighted by atomic mass is 9.85. The van der Waals surface area contributed by atoms with Crippen LogP contribution in [0.3, 0.4) is 0 Å². The number of allylic oxidation sites excluding steroid dienone is 2. The molecule has 27 heavy (non-hydrogen) atoms. The molecule has 0 bridgehead atoms. The van der Waals surface area contributed by atoms with E-state index >= 15 is 0 Å². The van der Waals surface area contributed by atoms with E-state index in [9.17, 15) is 19.2 Å². The summed E-state index contributed by atoms with van der Waals surface area (Å²) >= 11 is 0. The van der Waals surface area contributed by atoms with E-state index in [2.05, 4.69) is 5.32 Å². The molecule has 0 aromatic heterocycles. The zero-order chi connectivity index (χ0) is 19.6. The highest BCUT2D eigenvalue weighted by Crippen LogP contribution is 2.34. The number of hydrogen-bond acceptors (Lipinski definition) is 5. The van der Waals surface area contributed by atoms with E-state index in [1.807, 2.05) is 38.1 Å². The summed E-state index contributed by atoms with van der Waals surface area (Å²) in [4.78, 5) is 49.5. The lowest BCUT2D eigenvalue weighted by molar-refractivity contribution is -0.154. The topological polar surface area (TPSA) is 92.8 Å². The van der Waals surface area contributed by atoms with Gasteiger partial charge in [-0.25, -0.2) is 0 Å². The number of aryl methyl sites for hydroxylation is 2. The van der Waals surface area contributed by atoms with Gasteiger partial charge in [-0.1, -0.05) is 18.2 Å². The summed E-state index contributed by atoms with van der Waals surface area (Å²) in [6, 6.07) is 5.47. The molecule has 3 amide bonds. The molecule has 7 nitrogen and oxygen atoms in total. The van der Waals surface area contributed by atoms with E-state index in [1.165, 1.54) is 0 Å². The second kappa shape index (κ2) is 7.73. The monoisotopic (exact) mass is 370 g/mol.